The predicted octanol–water partition coefficient (Wildman–Crippen LogP) is 3.83. The van der Waals surface area contributed by atoms with Gasteiger partial charge in [0.2, 0.25) is 5.75 Å². The van der Waals surface area contributed by atoms with E-state index in [0.29, 0.717) is 6.47 Å². The van der Waals surface area contributed by atoms with Gasteiger partial charge in [-0.2, -0.15) is 0 Å². The second kappa shape index (κ2) is 6.52. The Morgan fingerprint density at radius 3 is 1.38 bits per heavy atom. The third kappa shape index (κ3) is 6.70. The minimum absolute atomic E-state index is 0.114. The third-order valence-electron chi connectivity index (χ3n) is 1.82. The zero-order chi connectivity index (χ0) is 18.8. The molecular weight excluding hydrogens is 371 g/mol. The Morgan fingerprint density at radius 1 is 0.708 bits per heavy atom. The highest BCUT2D eigenvalue weighted by Crippen LogP contribution is 2.45. The standard InChI is InChI=1S/C10H2F9O5/c11-8(12,13)22-4-1-5(23-9(14,15)16)7(21-3-20)6(2-4)24-10(17,18)19/h1-2H. The van der Waals surface area contributed by atoms with Gasteiger partial charge in [-0.15, -0.1) is 39.5 Å². The quantitative estimate of drug-likeness (QED) is 0.735. The molecule has 0 unspecified atom stereocenters. The number of hydrogen-bond acceptors (Lipinski definition) is 5. The number of carbonyl (C=O) groups excluding carboxylic acids is 1. The Hall–Kier alpha value is -2.54. The van der Waals surface area contributed by atoms with E-state index in [1.54, 1.807) is 0 Å². The first-order valence-corrected chi connectivity index (χ1v) is 5.19. The summed E-state index contributed by atoms with van der Waals surface area (Å²) in [7, 11) is 0. The fourth-order valence-electron chi connectivity index (χ4n) is 1.29. The van der Waals surface area contributed by atoms with Crippen molar-refractivity contribution in [2.24, 2.45) is 0 Å². The normalized spacial score (nSPS) is 12.5. The van der Waals surface area contributed by atoms with Gasteiger partial charge in [-0.1, -0.05) is 0 Å². The Kier molecular flexibility index (Phi) is 5.30. The smallest absolute Gasteiger partial charge is 0.410 e. The Balaban J connectivity index is 3.47. The molecule has 0 amide bonds. The molecule has 1 aromatic carbocycles. The molecule has 1 radical (unpaired) electrons. The lowest BCUT2D eigenvalue weighted by Crippen LogP contribution is -2.21. The molecule has 0 heterocycles. The van der Waals surface area contributed by atoms with E-state index in [0.717, 1.165) is 0 Å². The fourth-order valence-corrected chi connectivity index (χ4v) is 1.29. The Labute approximate surface area is 125 Å². The summed E-state index contributed by atoms with van der Waals surface area (Å²) in [4.78, 5) is 10.1. The molecule has 135 valence electrons. The third-order valence-corrected chi connectivity index (χ3v) is 1.82. The molecule has 1 aromatic rings. The predicted molar refractivity (Wildman–Crippen MR) is 52.8 cm³/mol. The van der Waals surface area contributed by atoms with E-state index in [4.69, 9.17) is 0 Å². The minimum atomic E-state index is -5.55. The molecule has 0 bridgehead atoms. The SMILES string of the molecule is O=[C]Oc1c(OC(F)(F)F)cc(OC(F)(F)F)cc1OC(F)(F)F. The topological polar surface area (TPSA) is 54.0 Å². The number of alkyl halides is 9. The zero-order valence-corrected chi connectivity index (χ0v) is 10.6. The molecule has 5 nitrogen and oxygen atoms in total. The average molecular weight is 373 g/mol. The van der Waals surface area contributed by atoms with Crippen LogP contribution in [0.3, 0.4) is 0 Å². The highest BCUT2D eigenvalue weighted by atomic mass is 19.4. The largest absolute Gasteiger partial charge is 0.573 e. The molecule has 1 rings (SSSR count). The molecule has 0 aliphatic heterocycles. The van der Waals surface area contributed by atoms with Gasteiger partial charge in [-0.25, -0.2) is 4.79 Å². The van der Waals surface area contributed by atoms with Crippen LogP contribution in [0.5, 0.6) is 23.0 Å². The van der Waals surface area contributed by atoms with Gasteiger partial charge in [0.25, 0.3) is 0 Å². The molecule has 0 aromatic heterocycles. The molecule has 24 heavy (non-hydrogen) atoms. The fraction of sp³-hybridized carbons (Fsp3) is 0.300. The van der Waals surface area contributed by atoms with Gasteiger partial charge < -0.3 is 18.9 Å². The molecule has 0 fully saturated rings. The van der Waals surface area contributed by atoms with Crippen molar-refractivity contribution < 1.29 is 63.3 Å². The molecule has 0 atom stereocenters. The molecule has 0 saturated carbocycles. The summed E-state index contributed by atoms with van der Waals surface area (Å²) in [5.41, 5.74) is 0. The van der Waals surface area contributed by atoms with Crippen molar-refractivity contribution in [2.45, 2.75) is 19.1 Å². The average Bonchev–Trinajstić information content (AvgIpc) is 2.27. The number of halogens is 9. The van der Waals surface area contributed by atoms with Crippen molar-refractivity contribution in [1.29, 1.82) is 0 Å². The minimum Gasteiger partial charge on any atom is -0.410 e. The van der Waals surface area contributed by atoms with Crippen LogP contribution in [-0.2, 0) is 4.79 Å². The highest BCUT2D eigenvalue weighted by Gasteiger charge is 2.39. The number of rotatable bonds is 5. The summed E-state index contributed by atoms with van der Waals surface area (Å²) >= 11 is 0. The summed E-state index contributed by atoms with van der Waals surface area (Å²) < 4.78 is 123. The van der Waals surface area contributed by atoms with E-state index in [1.807, 2.05) is 0 Å². The van der Waals surface area contributed by atoms with E-state index in [1.165, 1.54) is 0 Å². The Bertz CT molecular complexity index is 553. The van der Waals surface area contributed by atoms with Crippen molar-refractivity contribution >= 4 is 6.47 Å². The molecule has 0 saturated heterocycles. The van der Waals surface area contributed by atoms with Crippen LogP contribution in [0.1, 0.15) is 0 Å². The first-order valence-electron chi connectivity index (χ1n) is 5.19. The van der Waals surface area contributed by atoms with Gasteiger partial charge in [0.05, 0.1) is 0 Å². The maximum absolute atomic E-state index is 12.2. The summed E-state index contributed by atoms with van der Waals surface area (Å²) in [6.07, 6.45) is -16.6. The van der Waals surface area contributed by atoms with Crippen molar-refractivity contribution in [3.05, 3.63) is 12.1 Å². The van der Waals surface area contributed by atoms with Gasteiger partial charge in [-0.3, -0.25) is 0 Å². The van der Waals surface area contributed by atoms with E-state index in [-0.39, 0.29) is 12.1 Å². The van der Waals surface area contributed by atoms with Crippen LogP contribution in [0.2, 0.25) is 0 Å². The lowest BCUT2D eigenvalue weighted by molar-refractivity contribution is -0.278. The Morgan fingerprint density at radius 2 is 1.08 bits per heavy atom. The monoisotopic (exact) mass is 373 g/mol. The van der Waals surface area contributed by atoms with Crippen molar-refractivity contribution in [2.75, 3.05) is 0 Å². The maximum Gasteiger partial charge on any atom is 0.573 e. The molecule has 0 N–H and O–H groups in total. The second-order valence-electron chi connectivity index (χ2n) is 3.58. The van der Waals surface area contributed by atoms with Gasteiger partial charge >= 0.3 is 25.6 Å². The van der Waals surface area contributed by atoms with Gasteiger partial charge in [0.1, 0.15) is 5.75 Å². The van der Waals surface area contributed by atoms with Gasteiger partial charge in [0.15, 0.2) is 11.5 Å². The molecule has 0 spiro atoms. The van der Waals surface area contributed by atoms with E-state index in [9.17, 15) is 44.3 Å². The number of ether oxygens (including phenoxy) is 4. The van der Waals surface area contributed by atoms with Crippen molar-refractivity contribution in [3.8, 4) is 23.0 Å². The molecule has 0 aliphatic rings. The lowest BCUT2D eigenvalue weighted by atomic mass is 10.2. The van der Waals surface area contributed by atoms with Crippen LogP contribution >= 0.6 is 0 Å². The summed E-state index contributed by atoms with van der Waals surface area (Å²) in [5, 5.41) is 0. The zero-order valence-electron chi connectivity index (χ0n) is 10.6. The van der Waals surface area contributed by atoms with E-state index >= 15 is 0 Å². The van der Waals surface area contributed by atoms with Crippen LogP contribution in [0.25, 0.3) is 0 Å². The summed E-state index contributed by atoms with van der Waals surface area (Å²) in [6, 6.07) is -0.228. The van der Waals surface area contributed by atoms with E-state index < -0.39 is 42.1 Å². The van der Waals surface area contributed by atoms with Crippen LogP contribution in [0.15, 0.2) is 12.1 Å². The van der Waals surface area contributed by atoms with Gasteiger partial charge in [-0.05, 0) is 0 Å². The lowest BCUT2D eigenvalue weighted by Gasteiger charge is -2.18. The molecule has 14 heteroatoms. The first-order chi connectivity index (χ1) is 10.7. The van der Waals surface area contributed by atoms with Crippen molar-refractivity contribution in [3.63, 3.8) is 0 Å². The molecule has 0 aliphatic carbocycles. The number of hydrogen-bond donors (Lipinski definition) is 0. The van der Waals surface area contributed by atoms with Crippen molar-refractivity contribution in [1.82, 2.24) is 0 Å². The van der Waals surface area contributed by atoms with Crippen LogP contribution < -0.4 is 18.9 Å². The van der Waals surface area contributed by atoms with Gasteiger partial charge in [0, 0.05) is 12.1 Å². The van der Waals surface area contributed by atoms with Crippen LogP contribution in [0, 0.1) is 0 Å². The highest BCUT2D eigenvalue weighted by molar-refractivity contribution is 5.61. The van der Waals surface area contributed by atoms with Crippen LogP contribution in [-0.4, -0.2) is 25.6 Å². The summed E-state index contributed by atoms with van der Waals surface area (Å²) in [5.74, 6) is -6.69. The second-order valence-corrected chi connectivity index (χ2v) is 3.58. The number of benzene rings is 1. The van der Waals surface area contributed by atoms with E-state index in [2.05, 4.69) is 18.9 Å². The first kappa shape index (κ1) is 19.5. The van der Waals surface area contributed by atoms with Crippen LogP contribution in [0.4, 0.5) is 39.5 Å². The maximum atomic E-state index is 12.2. The summed E-state index contributed by atoms with van der Waals surface area (Å²) in [6.45, 7) is 0.496. The molecular formula is C10H2F9O5.